The zero-order valence-electron chi connectivity index (χ0n) is 11.8. The van der Waals surface area contributed by atoms with Crippen LogP contribution < -0.4 is 0 Å². The fourth-order valence-corrected chi connectivity index (χ4v) is 2.58. The number of benzene rings is 1. The number of allylic oxidation sites excluding steroid dienone is 1. The smallest absolute Gasteiger partial charge is 0.199 e. The lowest BCUT2D eigenvalue weighted by molar-refractivity contribution is 0.0395. The van der Waals surface area contributed by atoms with E-state index in [0.717, 1.165) is 32.8 Å². The lowest BCUT2D eigenvalue weighted by atomic mass is 10.1. The second kappa shape index (κ2) is 6.20. The zero-order valence-corrected chi connectivity index (χ0v) is 11.8. The second-order valence-electron chi connectivity index (χ2n) is 5.13. The van der Waals surface area contributed by atoms with Crippen molar-refractivity contribution in [2.45, 2.75) is 0 Å². The molecule has 0 unspecified atom stereocenters. The van der Waals surface area contributed by atoms with Gasteiger partial charge >= 0.3 is 0 Å². The van der Waals surface area contributed by atoms with Crippen molar-refractivity contribution in [1.29, 1.82) is 0 Å². The highest BCUT2D eigenvalue weighted by molar-refractivity contribution is 6.30. The Morgan fingerprint density at radius 3 is 2.67 bits per heavy atom. The normalized spacial score (nSPS) is 19.5. The van der Waals surface area contributed by atoms with Gasteiger partial charge in [0, 0.05) is 37.0 Å². The number of nitrogens with zero attached hydrogens (tertiary/aromatic N) is 2. The molecule has 1 saturated heterocycles. The van der Waals surface area contributed by atoms with E-state index in [0.29, 0.717) is 17.7 Å². The lowest BCUT2D eigenvalue weighted by Gasteiger charge is -2.25. The van der Waals surface area contributed by atoms with Gasteiger partial charge in [-0.15, -0.1) is 0 Å². The van der Waals surface area contributed by atoms with E-state index in [4.69, 9.17) is 4.74 Å². The average Bonchev–Trinajstić information content (AvgIpc) is 2.77. The molecular formula is C16H18N2O3. The summed E-state index contributed by atoms with van der Waals surface area (Å²) in [6, 6.07) is 7.07. The van der Waals surface area contributed by atoms with Crippen molar-refractivity contribution < 1.29 is 14.6 Å². The summed E-state index contributed by atoms with van der Waals surface area (Å²) in [6.07, 6.45) is 1.50. The first-order chi connectivity index (χ1) is 10.3. The SMILES string of the molecule is O=C1C(C=NCCN2CCOCC2)=C(O)c2ccccc21. The Hall–Kier alpha value is -1.98. The number of aliphatic imine (C=N–C) groups is 1. The molecule has 1 heterocycles. The maximum Gasteiger partial charge on any atom is 0.199 e. The predicted molar refractivity (Wildman–Crippen MR) is 80.9 cm³/mol. The minimum Gasteiger partial charge on any atom is -0.506 e. The van der Waals surface area contributed by atoms with Gasteiger partial charge in [-0.2, -0.15) is 0 Å². The molecule has 1 aromatic rings. The summed E-state index contributed by atoms with van der Waals surface area (Å²) in [7, 11) is 0. The number of aliphatic hydroxyl groups excluding tert-OH is 1. The van der Waals surface area contributed by atoms with E-state index >= 15 is 0 Å². The van der Waals surface area contributed by atoms with Crippen LogP contribution in [0.5, 0.6) is 0 Å². The molecule has 1 fully saturated rings. The van der Waals surface area contributed by atoms with Crippen LogP contribution in [0, 0.1) is 0 Å². The molecule has 3 rings (SSSR count). The van der Waals surface area contributed by atoms with Crippen molar-refractivity contribution >= 4 is 17.8 Å². The molecule has 0 atom stereocenters. The van der Waals surface area contributed by atoms with Gasteiger partial charge in [-0.1, -0.05) is 24.3 Å². The van der Waals surface area contributed by atoms with Gasteiger partial charge in [0.05, 0.1) is 25.3 Å². The quantitative estimate of drug-likeness (QED) is 0.853. The highest BCUT2D eigenvalue weighted by Crippen LogP contribution is 2.29. The van der Waals surface area contributed by atoms with Gasteiger partial charge < -0.3 is 9.84 Å². The van der Waals surface area contributed by atoms with Gasteiger partial charge in [-0.3, -0.25) is 14.7 Å². The Labute approximate surface area is 123 Å². The van der Waals surface area contributed by atoms with Crippen LogP contribution in [-0.4, -0.2) is 61.4 Å². The number of carbonyl (C=O) groups excluding carboxylic acids is 1. The molecule has 0 saturated carbocycles. The highest BCUT2D eigenvalue weighted by Gasteiger charge is 2.27. The summed E-state index contributed by atoms with van der Waals surface area (Å²) < 4.78 is 5.29. The zero-order chi connectivity index (χ0) is 14.7. The van der Waals surface area contributed by atoms with Gasteiger partial charge in [0.2, 0.25) is 0 Å². The number of hydrogen-bond donors (Lipinski definition) is 1. The number of ether oxygens (including phenoxy) is 1. The summed E-state index contributed by atoms with van der Waals surface area (Å²) in [5, 5.41) is 10.1. The van der Waals surface area contributed by atoms with Gasteiger partial charge in [0.15, 0.2) is 5.78 Å². The van der Waals surface area contributed by atoms with Crippen molar-refractivity contribution in [2.75, 3.05) is 39.4 Å². The molecule has 0 amide bonds. The van der Waals surface area contributed by atoms with Crippen LogP contribution >= 0.6 is 0 Å². The van der Waals surface area contributed by atoms with Crippen molar-refractivity contribution in [1.82, 2.24) is 4.90 Å². The van der Waals surface area contributed by atoms with E-state index in [1.165, 1.54) is 6.21 Å². The van der Waals surface area contributed by atoms with E-state index in [1.54, 1.807) is 24.3 Å². The van der Waals surface area contributed by atoms with Crippen molar-refractivity contribution in [2.24, 2.45) is 4.99 Å². The number of fused-ring (bicyclic) bond motifs is 1. The summed E-state index contributed by atoms with van der Waals surface area (Å²) in [6.45, 7) is 4.84. The third kappa shape index (κ3) is 2.89. The van der Waals surface area contributed by atoms with Crippen LogP contribution in [0.1, 0.15) is 15.9 Å². The third-order valence-corrected chi connectivity index (χ3v) is 3.80. The fourth-order valence-electron chi connectivity index (χ4n) is 2.58. The molecule has 110 valence electrons. The van der Waals surface area contributed by atoms with Crippen LogP contribution in [-0.2, 0) is 4.74 Å². The number of rotatable bonds is 4. The molecule has 0 bridgehead atoms. The average molecular weight is 286 g/mol. The van der Waals surface area contributed by atoms with Crippen LogP contribution in [0.2, 0.25) is 0 Å². The predicted octanol–water partition coefficient (Wildman–Crippen LogP) is 1.55. The first-order valence-corrected chi connectivity index (χ1v) is 7.14. The molecule has 5 nitrogen and oxygen atoms in total. The standard InChI is InChI=1S/C16H18N2O3/c19-15-12-3-1-2-4-13(12)16(20)14(15)11-17-5-6-18-7-9-21-10-8-18/h1-4,11,19H,5-10H2. The van der Waals surface area contributed by atoms with E-state index in [1.807, 2.05) is 0 Å². The van der Waals surface area contributed by atoms with Gasteiger partial charge in [-0.25, -0.2) is 0 Å². The maximum atomic E-state index is 12.2. The fraction of sp³-hybridized carbons (Fsp3) is 0.375. The number of morpholine rings is 1. The molecule has 1 N–H and O–H groups in total. The van der Waals surface area contributed by atoms with Crippen LogP contribution in [0.25, 0.3) is 5.76 Å². The minimum atomic E-state index is -0.154. The second-order valence-corrected chi connectivity index (χ2v) is 5.13. The molecule has 5 heteroatoms. The van der Waals surface area contributed by atoms with E-state index in [-0.39, 0.29) is 17.1 Å². The minimum absolute atomic E-state index is 0.0331. The van der Waals surface area contributed by atoms with Crippen molar-refractivity contribution in [3.05, 3.63) is 41.0 Å². The molecule has 0 spiro atoms. The summed E-state index contributed by atoms with van der Waals surface area (Å²) in [4.78, 5) is 18.7. The lowest BCUT2D eigenvalue weighted by Crippen LogP contribution is -2.37. The molecule has 0 radical (unpaired) electrons. The molecule has 1 aliphatic carbocycles. The monoisotopic (exact) mass is 286 g/mol. The van der Waals surface area contributed by atoms with E-state index in [9.17, 15) is 9.90 Å². The number of aliphatic hydroxyl groups is 1. The van der Waals surface area contributed by atoms with Crippen molar-refractivity contribution in [3.8, 4) is 0 Å². The number of Topliss-reactive ketones (excluding diaryl/α,β-unsaturated/α-hetero) is 1. The third-order valence-electron chi connectivity index (χ3n) is 3.80. The Bertz CT molecular complexity index is 601. The summed E-state index contributed by atoms with van der Waals surface area (Å²) in [5.41, 5.74) is 1.43. The highest BCUT2D eigenvalue weighted by atomic mass is 16.5. The number of carbonyl (C=O) groups is 1. The maximum absolute atomic E-state index is 12.2. The van der Waals surface area contributed by atoms with Crippen LogP contribution in [0.15, 0.2) is 34.8 Å². The topological polar surface area (TPSA) is 62.1 Å². The van der Waals surface area contributed by atoms with Gasteiger partial charge in [0.1, 0.15) is 5.76 Å². The first kappa shape index (κ1) is 14.0. The Morgan fingerprint density at radius 2 is 1.95 bits per heavy atom. The van der Waals surface area contributed by atoms with E-state index < -0.39 is 0 Å². The summed E-state index contributed by atoms with van der Waals surface area (Å²) >= 11 is 0. The van der Waals surface area contributed by atoms with Crippen molar-refractivity contribution in [3.63, 3.8) is 0 Å². The Kier molecular flexibility index (Phi) is 4.13. The molecule has 2 aliphatic rings. The molecule has 0 aromatic heterocycles. The first-order valence-electron chi connectivity index (χ1n) is 7.14. The van der Waals surface area contributed by atoms with Crippen LogP contribution in [0.3, 0.4) is 0 Å². The number of hydrogen-bond acceptors (Lipinski definition) is 5. The molecule has 21 heavy (non-hydrogen) atoms. The molecule has 1 aliphatic heterocycles. The van der Waals surface area contributed by atoms with Gasteiger partial charge in [-0.05, 0) is 0 Å². The Morgan fingerprint density at radius 1 is 1.24 bits per heavy atom. The van der Waals surface area contributed by atoms with Gasteiger partial charge in [0.25, 0.3) is 0 Å². The van der Waals surface area contributed by atoms with E-state index in [2.05, 4.69) is 9.89 Å². The molecule has 1 aromatic carbocycles. The largest absolute Gasteiger partial charge is 0.506 e. The van der Waals surface area contributed by atoms with Crippen LogP contribution in [0.4, 0.5) is 0 Å². The summed E-state index contributed by atoms with van der Waals surface area (Å²) in [5.74, 6) is -0.121. The number of ketones is 1. The Balaban J connectivity index is 1.61. The molecular weight excluding hydrogens is 268 g/mol.